The summed E-state index contributed by atoms with van der Waals surface area (Å²) in [5, 5.41) is 12.2. The summed E-state index contributed by atoms with van der Waals surface area (Å²) in [5.41, 5.74) is -1.26. The van der Waals surface area contributed by atoms with Crippen LogP contribution in [0.4, 0.5) is 14.5 Å². The smallest absolute Gasteiger partial charge is 0.357 e. The molecular formula is C11H6F2N2O3S. The first-order valence-electron chi connectivity index (χ1n) is 4.93. The van der Waals surface area contributed by atoms with E-state index in [1.807, 2.05) is 0 Å². The summed E-state index contributed by atoms with van der Waals surface area (Å²) in [6, 6.07) is 2.99. The van der Waals surface area contributed by atoms with Crippen molar-refractivity contribution in [3.8, 4) is 0 Å². The molecule has 1 amide bonds. The van der Waals surface area contributed by atoms with E-state index in [-0.39, 0.29) is 11.4 Å². The SMILES string of the molecule is O=C(O)c1nscc1NC(=O)c1c(F)cccc1F. The van der Waals surface area contributed by atoms with Gasteiger partial charge in [-0.15, -0.1) is 0 Å². The zero-order valence-electron chi connectivity index (χ0n) is 9.18. The summed E-state index contributed by atoms with van der Waals surface area (Å²) in [6.45, 7) is 0. The van der Waals surface area contributed by atoms with Gasteiger partial charge in [0.2, 0.25) is 0 Å². The second kappa shape index (κ2) is 5.11. The molecule has 8 heteroatoms. The molecule has 1 aromatic heterocycles. The fraction of sp³-hybridized carbons (Fsp3) is 0. The molecule has 2 N–H and O–H groups in total. The number of carbonyl (C=O) groups excluding carboxylic acids is 1. The number of nitrogens with zero attached hydrogens (tertiary/aromatic N) is 1. The number of hydrogen-bond donors (Lipinski definition) is 2. The second-order valence-corrected chi connectivity index (χ2v) is 4.06. The van der Waals surface area contributed by atoms with Gasteiger partial charge >= 0.3 is 5.97 Å². The molecule has 5 nitrogen and oxygen atoms in total. The molecule has 0 atom stereocenters. The van der Waals surface area contributed by atoms with E-state index in [0.29, 0.717) is 0 Å². The van der Waals surface area contributed by atoms with Crippen LogP contribution in [0.5, 0.6) is 0 Å². The standard InChI is InChI=1S/C11H6F2N2O3S/c12-5-2-1-3-6(13)8(5)10(16)14-7-4-19-15-9(7)11(17)18/h1-4H,(H,14,16)(H,17,18). The molecule has 0 unspecified atom stereocenters. The molecule has 0 spiro atoms. The molecular weight excluding hydrogens is 278 g/mol. The van der Waals surface area contributed by atoms with Crippen molar-refractivity contribution >= 4 is 29.1 Å². The van der Waals surface area contributed by atoms with Gasteiger partial charge in [0.25, 0.3) is 5.91 Å². The molecule has 2 rings (SSSR count). The number of hydrogen-bond acceptors (Lipinski definition) is 4. The number of halogens is 2. The molecule has 0 fully saturated rings. The van der Waals surface area contributed by atoms with Crippen LogP contribution >= 0.6 is 11.5 Å². The number of carboxylic acid groups (broad SMARTS) is 1. The molecule has 19 heavy (non-hydrogen) atoms. The van der Waals surface area contributed by atoms with Crippen LogP contribution in [0, 0.1) is 11.6 Å². The average molecular weight is 284 g/mol. The number of amides is 1. The van der Waals surface area contributed by atoms with Crippen molar-refractivity contribution in [3.63, 3.8) is 0 Å². The fourth-order valence-corrected chi connectivity index (χ4v) is 1.99. The van der Waals surface area contributed by atoms with E-state index in [2.05, 4.69) is 9.69 Å². The van der Waals surface area contributed by atoms with Crippen LogP contribution < -0.4 is 5.32 Å². The van der Waals surface area contributed by atoms with Crippen LogP contribution in [0.15, 0.2) is 23.6 Å². The molecule has 0 aliphatic carbocycles. The van der Waals surface area contributed by atoms with E-state index in [4.69, 9.17) is 5.11 Å². The molecule has 0 saturated heterocycles. The first kappa shape index (κ1) is 13.1. The highest BCUT2D eigenvalue weighted by Gasteiger charge is 2.20. The van der Waals surface area contributed by atoms with Crippen molar-refractivity contribution in [2.75, 3.05) is 5.32 Å². The Balaban J connectivity index is 2.31. The Morgan fingerprint density at radius 1 is 1.26 bits per heavy atom. The maximum atomic E-state index is 13.4. The first-order chi connectivity index (χ1) is 9.00. The number of nitrogens with one attached hydrogen (secondary N) is 1. The summed E-state index contributed by atoms with van der Waals surface area (Å²) < 4.78 is 30.3. The zero-order chi connectivity index (χ0) is 14.0. The maximum absolute atomic E-state index is 13.4. The predicted octanol–water partition coefficient (Wildman–Crippen LogP) is 2.37. The number of aromatic nitrogens is 1. The fourth-order valence-electron chi connectivity index (χ4n) is 1.38. The molecule has 0 bridgehead atoms. The van der Waals surface area contributed by atoms with E-state index in [1.165, 1.54) is 5.38 Å². The van der Waals surface area contributed by atoms with Gasteiger partial charge in [-0.3, -0.25) is 4.79 Å². The second-order valence-electron chi connectivity index (χ2n) is 3.43. The maximum Gasteiger partial charge on any atom is 0.357 e. The largest absolute Gasteiger partial charge is 0.476 e. The lowest BCUT2D eigenvalue weighted by molar-refractivity contribution is 0.0693. The number of rotatable bonds is 3. The third kappa shape index (κ3) is 2.58. The Morgan fingerprint density at radius 2 is 1.89 bits per heavy atom. The Bertz CT molecular complexity index is 637. The molecule has 0 aliphatic heterocycles. The van der Waals surface area contributed by atoms with Crippen LogP contribution in [0.3, 0.4) is 0 Å². The minimum Gasteiger partial charge on any atom is -0.476 e. The molecule has 0 aliphatic rings. The van der Waals surface area contributed by atoms with Gasteiger partial charge in [0.1, 0.15) is 17.2 Å². The number of aromatic carboxylic acids is 1. The van der Waals surface area contributed by atoms with Crippen LogP contribution in [-0.2, 0) is 0 Å². The van der Waals surface area contributed by atoms with Gasteiger partial charge in [0.05, 0.1) is 5.69 Å². The molecule has 0 saturated carbocycles. The molecule has 98 valence electrons. The summed E-state index contributed by atoms with van der Waals surface area (Å²) in [5.74, 6) is -4.47. The molecule has 1 aromatic carbocycles. The quantitative estimate of drug-likeness (QED) is 0.906. The van der Waals surface area contributed by atoms with Crippen molar-refractivity contribution in [1.29, 1.82) is 0 Å². The molecule has 1 heterocycles. The van der Waals surface area contributed by atoms with Crippen LogP contribution in [0.25, 0.3) is 0 Å². The van der Waals surface area contributed by atoms with Crippen molar-refractivity contribution in [1.82, 2.24) is 4.37 Å². The third-order valence-corrected chi connectivity index (χ3v) is 2.84. The monoisotopic (exact) mass is 284 g/mol. The highest BCUT2D eigenvalue weighted by Crippen LogP contribution is 2.19. The number of anilines is 1. The van der Waals surface area contributed by atoms with Gasteiger partial charge in [0.15, 0.2) is 5.69 Å². The molecule has 0 radical (unpaired) electrons. The van der Waals surface area contributed by atoms with Gasteiger partial charge in [-0.2, -0.15) is 4.37 Å². The van der Waals surface area contributed by atoms with Gasteiger partial charge in [0, 0.05) is 5.38 Å². The van der Waals surface area contributed by atoms with E-state index in [1.54, 1.807) is 0 Å². The van der Waals surface area contributed by atoms with E-state index in [0.717, 1.165) is 29.7 Å². The normalized spacial score (nSPS) is 10.2. The number of benzene rings is 1. The van der Waals surface area contributed by atoms with Crippen molar-refractivity contribution < 1.29 is 23.5 Å². The average Bonchev–Trinajstić information content (AvgIpc) is 2.76. The lowest BCUT2D eigenvalue weighted by atomic mass is 10.2. The Kier molecular flexibility index (Phi) is 3.52. The van der Waals surface area contributed by atoms with Crippen molar-refractivity contribution in [3.05, 3.63) is 46.5 Å². The summed E-state index contributed by atoms with van der Waals surface area (Å²) in [4.78, 5) is 22.5. The molecule has 2 aromatic rings. The number of carbonyl (C=O) groups is 2. The lowest BCUT2D eigenvalue weighted by Gasteiger charge is -2.05. The van der Waals surface area contributed by atoms with Gasteiger partial charge < -0.3 is 10.4 Å². The first-order valence-corrected chi connectivity index (χ1v) is 5.77. The zero-order valence-corrected chi connectivity index (χ0v) is 10.0. The van der Waals surface area contributed by atoms with E-state index in [9.17, 15) is 18.4 Å². The third-order valence-electron chi connectivity index (χ3n) is 2.21. The highest BCUT2D eigenvalue weighted by molar-refractivity contribution is 7.04. The van der Waals surface area contributed by atoms with E-state index >= 15 is 0 Å². The highest BCUT2D eigenvalue weighted by atomic mass is 32.1. The minimum absolute atomic E-state index is 0.106. The van der Waals surface area contributed by atoms with Gasteiger partial charge in [-0.1, -0.05) is 6.07 Å². The van der Waals surface area contributed by atoms with Crippen LogP contribution in [-0.4, -0.2) is 21.4 Å². The summed E-state index contributed by atoms with van der Waals surface area (Å²) >= 11 is 0.807. The van der Waals surface area contributed by atoms with E-state index < -0.39 is 29.1 Å². The lowest BCUT2D eigenvalue weighted by Crippen LogP contribution is -2.17. The Morgan fingerprint density at radius 3 is 2.47 bits per heavy atom. The van der Waals surface area contributed by atoms with Gasteiger partial charge in [-0.05, 0) is 23.7 Å². The van der Waals surface area contributed by atoms with Crippen LogP contribution in [0.2, 0.25) is 0 Å². The van der Waals surface area contributed by atoms with Crippen molar-refractivity contribution in [2.45, 2.75) is 0 Å². The predicted molar refractivity (Wildman–Crippen MR) is 63.4 cm³/mol. The van der Waals surface area contributed by atoms with Gasteiger partial charge in [-0.25, -0.2) is 13.6 Å². The summed E-state index contributed by atoms with van der Waals surface area (Å²) in [6.07, 6.45) is 0. The van der Waals surface area contributed by atoms with Crippen LogP contribution in [0.1, 0.15) is 20.8 Å². The topological polar surface area (TPSA) is 79.3 Å². The van der Waals surface area contributed by atoms with Crippen molar-refractivity contribution in [2.24, 2.45) is 0 Å². The summed E-state index contributed by atoms with van der Waals surface area (Å²) in [7, 11) is 0. The Hall–Kier alpha value is -2.35. The minimum atomic E-state index is -1.34. The Labute approximate surface area is 109 Å². The number of carboxylic acids is 1.